The number of likely N-dealkylation sites (N-methyl/N-ethyl adjacent to an activating group) is 1. The molecule has 1 aliphatic heterocycles. The zero-order valence-corrected chi connectivity index (χ0v) is 18.7. The fourth-order valence-electron chi connectivity index (χ4n) is 4.24. The van der Waals surface area contributed by atoms with Crippen LogP contribution in [0, 0.1) is 5.41 Å². The standard InChI is InChI=1S/C23H28N6O3/c1-23(2,3)20(22(32)28-12-15(30)11-19(28)21(31)24-4)29-13-18(26-27-29)17-10-9-14-7-5-6-8-16(14)25-17/h5-10,13,15,19-20,30H,11-12H2,1-4H3,(H,24,31)/t15-,19+,20-/m1/s1. The van der Waals surface area contributed by atoms with Gasteiger partial charge < -0.3 is 15.3 Å². The molecule has 9 heteroatoms. The number of likely N-dealkylation sites (tertiary alicyclic amines) is 1. The van der Waals surface area contributed by atoms with Crippen LogP contribution in [0.5, 0.6) is 0 Å². The molecule has 1 aromatic carbocycles. The van der Waals surface area contributed by atoms with Crippen LogP contribution in [0.1, 0.15) is 33.2 Å². The lowest BCUT2D eigenvalue weighted by molar-refractivity contribution is -0.144. The van der Waals surface area contributed by atoms with Gasteiger partial charge in [0.1, 0.15) is 17.8 Å². The Morgan fingerprint density at radius 2 is 1.91 bits per heavy atom. The number of rotatable bonds is 4. The number of nitrogens with zero attached hydrogens (tertiary/aromatic N) is 5. The molecule has 3 aromatic rings. The second-order valence-electron chi connectivity index (χ2n) is 9.25. The summed E-state index contributed by atoms with van der Waals surface area (Å²) in [6.45, 7) is 5.92. The summed E-state index contributed by atoms with van der Waals surface area (Å²) in [5.74, 6) is -0.562. The van der Waals surface area contributed by atoms with Crippen LogP contribution in [0.3, 0.4) is 0 Å². The SMILES string of the molecule is CNC(=O)[C@@H]1C[C@@H](O)CN1C(=O)[C@@H](n1cc(-c2ccc3ccccc3n2)nn1)C(C)(C)C. The Hall–Kier alpha value is -3.33. The van der Waals surface area contributed by atoms with E-state index in [9.17, 15) is 14.7 Å². The van der Waals surface area contributed by atoms with Crippen LogP contribution in [0.2, 0.25) is 0 Å². The molecule has 3 atom stereocenters. The summed E-state index contributed by atoms with van der Waals surface area (Å²) in [6, 6.07) is 10.2. The first-order valence-corrected chi connectivity index (χ1v) is 10.7. The van der Waals surface area contributed by atoms with E-state index in [1.165, 1.54) is 11.9 Å². The first kappa shape index (κ1) is 21.9. The summed E-state index contributed by atoms with van der Waals surface area (Å²) in [7, 11) is 1.52. The van der Waals surface area contributed by atoms with E-state index in [0.717, 1.165) is 10.9 Å². The van der Waals surface area contributed by atoms with Crippen molar-refractivity contribution in [2.45, 2.75) is 45.4 Å². The molecular formula is C23H28N6O3. The summed E-state index contributed by atoms with van der Waals surface area (Å²) in [5, 5.41) is 22.3. The van der Waals surface area contributed by atoms with Gasteiger partial charge in [-0.05, 0) is 17.5 Å². The summed E-state index contributed by atoms with van der Waals surface area (Å²) in [4.78, 5) is 32.1. The molecule has 1 aliphatic rings. The third kappa shape index (κ3) is 4.08. The normalized spacial score (nSPS) is 19.8. The summed E-state index contributed by atoms with van der Waals surface area (Å²) < 4.78 is 1.54. The van der Waals surface area contributed by atoms with Gasteiger partial charge in [-0.15, -0.1) is 5.10 Å². The highest BCUT2D eigenvalue weighted by atomic mass is 16.3. The maximum absolute atomic E-state index is 13.6. The van der Waals surface area contributed by atoms with Gasteiger partial charge in [-0.3, -0.25) is 9.59 Å². The van der Waals surface area contributed by atoms with Gasteiger partial charge in [-0.25, -0.2) is 9.67 Å². The van der Waals surface area contributed by atoms with Crippen molar-refractivity contribution in [3.8, 4) is 11.4 Å². The molecule has 3 heterocycles. The van der Waals surface area contributed by atoms with E-state index in [1.807, 2.05) is 57.2 Å². The Morgan fingerprint density at radius 3 is 2.62 bits per heavy atom. The van der Waals surface area contributed by atoms with Crippen LogP contribution >= 0.6 is 0 Å². The Labute approximate surface area is 186 Å². The number of β-amino-alcohol motifs (C(OH)–C–C–N with tert-alkyl or cyclic N) is 1. The summed E-state index contributed by atoms with van der Waals surface area (Å²) in [5.41, 5.74) is 1.55. The molecule has 0 bridgehead atoms. The Bertz CT molecular complexity index is 1150. The first-order chi connectivity index (χ1) is 15.2. The maximum Gasteiger partial charge on any atom is 0.248 e. The largest absolute Gasteiger partial charge is 0.391 e. The second kappa shape index (κ2) is 8.31. The minimum absolute atomic E-state index is 0.108. The number of carbonyl (C=O) groups excluding carboxylic acids is 2. The van der Waals surface area contributed by atoms with Crippen LogP contribution in [0.25, 0.3) is 22.3 Å². The Balaban J connectivity index is 1.68. The lowest BCUT2D eigenvalue weighted by Crippen LogP contribution is -2.49. The highest BCUT2D eigenvalue weighted by molar-refractivity contribution is 5.90. The molecule has 168 valence electrons. The van der Waals surface area contributed by atoms with E-state index in [2.05, 4.69) is 20.6 Å². The molecule has 0 radical (unpaired) electrons. The van der Waals surface area contributed by atoms with E-state index in [4.69, 9.17) is 0 Å². The average molecular weight is 437 g/mol. The van der Waals surface area contributed by atoms with Gasteiger partial charge >= 0.3 is 0 Å². The quantitative estimate of drug-likeness (QED) is 0.645. The van der Waals surface area contributed by atoms with E-state index in [1.54, 1.807) is 10.9 Å². The number of pyridine rings is 1. The van der Waals surface area contributed by atoms with Gasteiger partial charge in [0.05, 0.1) is 23.5 Å². The maximum atomic E-state index is 13.6. The predicted molar refractivity (Wildman–Crippen MR) is 119 cm³/mol. The molecule has 32 heavy (non-hydrogen) atoms. The minimum Gasteiger partial charge on any atom is -0.391 e. The highest BCUT2D eigenvalue weighted by Gasteiger charge is 2.45. The molecule has 0 aliphatic carbocycles. The molecular weight excluding hydrogens is 408 g/mol. The zero-order chi connectivity index (χ0) is 23.0. The van der Waals surface area contributed by atoms with Crippen LogP contribution in [-0.4, -0.2) is 67.5 Å². The minimum atomic E-state index is -0.741. The molecule has 0 unspecified atom stereocenters. The van der Waals surface area contributed by atoms with Crippen molar-refractivity contribution in [2.24, 2.45) is 5.41 Å². The smallest absolute Gasteiger partial charge is 0.248 e. The topological polar surface area (TPSA) is 113 Å². The van der Waals surface area contributed by atoms with Gasteiger partial charge in [0.25, 0.3) is 0 Å². The van der Waals surface area contributed by atoms with E-state index >= 15 is 0 Å². The number of fused-ring (bicyclic) bond motifs is 1. The molecule has 4 rings (SSSR count). The molecule has 1 fully saturated rings. The molecule has 0 saturated carbocycles. The van der Waals surface area contributed by atoms with Crippen LogP contribution in [-0.2, 0) is 9.59 Å². The third-order valence-corrected chi connectivity index (χ3v) is 5.80. The van der Waals surface area contributed by atoms with Gasteiger partial charge in [0.2, 0.25) is 11.8 Å². The van der Waals surface area contributed by atoms with Crippen LogP contribution < -0.4 is 5.32 Å². The van der Waals surface area contributed by atoms with Crippen molar-refractivity contribution < 1.29 is 14.7 Å². The molecule has 9 nitrogen and oxygen atoms in total. The Morgan fingerprint density at radius 1 is 1.16 bits per heavy atom. The number of hydrogen-bond donors (Lipinski definition) is 2. The fourth-order valence-corrected chi connectivity index (χ4v) is 4.24. The lowest BCUT2D eigenvalue weighted by Gasteiger charge is -2.34. The number of benzene rings is 1. The van der Waals surface area contributed by atoms with Crippen molar-refractivity contribution in [1.82, 2.24) is 30.2 Å². The number of carbonyl (C=O) groups is 2. The van der Waals surface area contributed by atoms with Gasteiger partial charge in [0, 0.05) is 25.4 Å². The Kier molecular flexibility index (Phi) is 5.68. The third-order valence-electron chi connectivity index (χ3n) is 5.80. The average Bonchev–Trinajstić information content (AvgIpc) is 3.39. The second-order valence-corrected chi connectivity index (χ2v) is 9.25. The van der Waals surface area contributed by atoms with Crippen molar-refractivity contribution in [2.75, 3.05) is 13.6 Å². The lowest BCUT2D eigenvalue weighted by atomic mass is 9.85. The first-order valence-electron chi connectivity index (χ1n) is 10.7. The number of aliphatic hydroxyl groups is 1. The summed E-state index contributed by atoms with van der Waals surface area (Å²) in [6.07, 6.45) is 1.19. The summed E-state index contributed by atoms with van der Waals surface area (Å²) >= 11 is 0. The van der Waals surface area contributed by atoms with Gasteiger partial charge in [-0.1, -0.05) is 50.3 Å². The van der Waals surface area contributed by atoms with E-state index < -0.39 is 23.6 Å². The molecule has 2 amide bonds. The van der Waals surface area contributed by atoms with Crippen LogP contribution in [0.15, 0.2) is 42.6 Å². The molecule has 2 N–H and O–H groups in total. The number of amides is 2. The van der Waals surface area contributed by atoms with Gasteiger partial charge in [-0.2, -0.15) is 0 Å². The molecule has 1 saturated heterocycles. The number of aromatic nitrogens is 4. The van der Waals surface area contributed by atoms with Crippen molar-refractivity contribution >= 4 is 22.7 Å². The molecule has 2 aromatic heterocycles. The molecule has 0 spiro atoms. The number of nitrogens with one attached hydrogen (secondary N) is 1. The van der Waals surface area contributed by atoms with E-state index in [0.29, 0.717) is 11.4 Å². The number of para-hydroxylation sites is 1. The fraction of sp³-hybridized carbons (Fsp3) is 0.435. The van der Waals surface area contributed by atoms with Crippen LogP contribution in [0.4, 0.5) is 0 Å². The number of aliphatic hydroxyl groups excluding tert-OH is 1. The van der Waals surface area contributed by atoms with Crippen molar-refractivity contribution in [1.29, 1.82) is 0 Å². The zero-order valence-electron chi connectivity index (χ0n) is 18.7. The number of hydrogen-bond acceptors (Lipinski definition) is 6. The monoisotopic (exact) mass is 436 g/mol. The van der Waals surface area contributed by atoms with E-state index in [-0.39, 0.29) is 24.8 Å². The highest BCUT2D eigenvalue weighted by Crippen LogP contribution is 2.35. The predicted octanol–water partition coefficient (Wildman–Crippen LogP) is 1.79. The van der Waals surface area contributed by atoms with Crippen molar-refractivity contribution in [3.05, 3.63) is 42.6 Å². The van der Waals surface area contributed by atoms with Gasteiger partial charge in [0.15, 0.2) is 0 Å². The van der Waals surface area contributed by atoms with Crippen molar-refractivity contribution in [3.63, 3.8) is 0 Å².